The Kier molecular flexibility index (Phi) is 23.6. The van der Waals surface area contributed by atoms with E-state index in [-0.39, 0.29) is 64.0 Å². The molecule has 1 aromatic rings. The molecule has 0 saturated carbocycles. The van der Waals surface area contributed by atoms with Crippen molar-refractivity contribution in [1.29, 1.82) is 0 Å². The fourth-order valence-electron chi connectivity index (χ4n) is 0.726. The summed E-state index contributed by atoms with van der Waals surface area (Å²) in [7, 11) is 0.104. The van der Waals surface area contributed by atoms with Gasteiger partial charge >= 0.3 is 0 Å². The first kappa shape index (κ1) is 23.7. The van der Waals surface area contributed by atoms with E-state index in [1.54, 1.807) is 0 Å². The smallest absolute Gasteiger partial charge is 0 e. The molecule has 0 amide bonds. The molecule has 0 aromatic heterocycles. The molecule has 2 radical (unpaired) electrons. The molecule has 0 aliphatic carbocycles. The van der Waals surface area contributed by atoms with E-state index in [2.05, 4.69) is 43.7 Å². The Balaban J connectivity index is -0.000000101. The van der Waals surface area contributed by atoms with Gasteiger partial charge in [-0.25, -0.2) is 0 Å². The van der Waals surface area contributed by atoms with Crippen molar-refractivity contribution in [3.05, 3.63) is 45.2 Å². The summed E-state index contributed by atoms with van der Waals surface area (Å²) < 4.78 is 0. The fraction of sp³-hybridized carbons (Fsp3) is 0.200. The first-order chi connectivity index (χ1) is 4.30. The Morgan fingerprint density at radius 1 is 0.923 bits per heavy atom. The molecule has 0 spiro atoms. The van der Waals surface area contributed by atoms with E-state index in [0.717, 1.165) is 0 Å². The fourth-order valence-corrected chi connectivity index (χ4v) is 1.49. The van der Waals surface area contributed by atoms with Gasteiger partial charge in [0.05, 0.1) is 0 Å². The monoisotopic (exact) mass is 372 g/mol. The third kappa shape index (κ3) is 9.30. The molecule has 76 valence electrons. The van der Waals surface area contributed by atoms with Crippen LogP contribution in [0.15, 0.2) is 30.3 Å². The number of hydrogen-bond donors (Lipinski definition) is 0. The van der Waals surface area contributed by atoms with Crippen LogP contribution in [0.1, 0.15) is 0 Å². The summed E-state index contributed by atoms with van der Waals surface area (Å²) in [6.07, 6.45) is 0. The molecule has 0 unspecified atom stereocenters. The van der Waals surface area contributed by atoms with Crippen LogP contribution in [0, 0.1) is 14.9 Å². The summed E-state index contributed by atoms with van der Waals surface area (Å²) in [5.74, 6) is 0. The van der Waals surface area contributed by atoms with Crippen LogP contribution in [0.2, 0.25) is 0 Å². The Hall–Kier alpha value is 0.988. The van der Waals surface area contributed by atoms with Gasteiger partial charge in [-0.2, -0.15) is 0 Å². The van der Waals surface area contributed by atoms with Crippen LogP contribution >= 0.6 is 7.92 Å². The van der Waals surface area contributed by atoms with Crippen molar-refractivity contribution in [2.75, 3.05) is 13.3 Å². The number of hydrogen-bond acceptors (Lipinski definition) is 0. The van der Waals surface area contributed by atoms with E-state index in [9.17, 15) is 0 Å². The van der Waals surface area contributed by atoms with Crippen LogP contribution in [-0.4, -0.2) is 32.2 Å². The normalized spacial score (nSPS) is 7.00. The molecule has 3 heteroatoms. The standard InChI is InChI=1S/C8H11P.2CH3.Au.Li/c1-9(2)8-6-4-3-5-7-8;;;;/h3-7H,1-2H3;2*1H3;;/q;2*-1;;. The SMILES string of the molecule is CP(C)c1ccccc1.[Au].[CH3-].[CH3-].[Li]. The minimum atomic E-state index is 0. The van der Waals surface area contributed by atoms with Crippen molar-refractivity contribution in [2.45, 2.75) is 0 Å². The minimum absolute atomic E-state index is 0. The molecule has 0 aliphatic rings. The summed E-state index contributed by atoms with van der Waals surface area (Å²) in [5, 5.41) is 1.48. The molecule has 0 fully saturated rings. The zero-order valence-electron chi connectivity index (χ0n) is 9.14. The van der Waals surface area contributed by atoms with Gasteiger partial charge in [0.15, 0.2) is 0 Å². The van der Waals surface area contributed by atoms with Crippen molar-refractivity contribution < 1.29 is 22.4 Å². The molecule has 0 saturated heterocycles. The van der Waals surface area contributed by atoms with E-state index in [1.165, 1.54) is 5.30 Å². The molecular formula is C10H17AuLiP-2. The van der Waals surface area contributed by atoms with Gasteiger partial charge in [0.2, 0.25) is 0 Å². The van der Waals surface area contributed by atoms with Crippen LogP contribution in [0.5, 0.6) is 0 Å². The Morgan fingerprint density at radius 2 is 1.31 bits per heavy atom. The molecule has 0 N–H and O–H groups in total. The summed E-state index contributed by atoms with van der Waals surface area (Å²) in [4.78, 5) is 0. The Labute approximate surface area is 112 Å². The second kappa shape index (κ2) is 13.0. The summed E-state index contributed by atoms with van der Waals surface area (Å²) in [6.45, 7) is 4.54. The van der Waals surface area contributed by atoms with Gasteiger partial charge in [-0.1, -0.05) is 38.3 Å². The largest absolute Gasteiger partial charge is 0.358 e. The van der Waals surface area contributed by atoms with E-state index in [0.29, 0.717) is 0 Å². The molecule has 0 bridgehead atoms. The van der Waals surface area contributed by atoms with Crippen LogP contribution in [-0.2, 0) is 22.4 Å². The summed E-state index contributed by atoms with van der Waals surface area (Å²) >= 11 is 0. The third-order valence-corrected chi connectivity index (χ3v) is 2.60. The van der Waals surface area contributed by atoms with E-state index >= 15 is 0 Å². The van der Waals surface area contributed by atoms with Crippen molar-refractivity contribution in [2.24, 2.45) is 0 Å². The summed E-state index contributed by atoms with van der Waals surface area (Å²) in [5.41, 5.74) is 0. The summed E-state index contributed by atoms with van der Waals surface area (Å²) in [6, 6.07) is 10.6. The molecule has 1 rings (SSSR count). The number of benzene rings is 1. The first-order valence-corrected chi connectivity index (χ1v) is 5.26. The van der Waals surface area contributed by atoms with Crippen molar-refractivity contribution >= 4 is 32.1 Å². The van der Waals surface area contributed by atoms with E-state index in [4.69, 9.17) is 0 Å². The van der Waals surface area contributed by atoms with Gasteiger partial charge in [-0.05, 0) is 18.6 Å². The van der Waals surface area contributed by atoms with Crippen LogP contribution in [0.25, 0.3) is 0 Å². The predicted octanol–water partition coefficient (Wildman–Crippen LogP) is 2.57. The molecule has 0 nitrogen and oxygen atoms in total. The van der Waals surface area contributed by atoms with Crippen molar-refractivity contribution in [3.63, 3.8) is 0 Å². The van der Waals surface area contributed by atoms with Gasteiger partial charge < -0.3 is 14.9 Å². The maximum absolute atomic E-state index is 2.27. The van der Waals surface area contributed by atoms with E-state index in [1.807, 2.05) is 0 Å². The second-order valence-corrected chi connectivity index (χ2v) is 4.54. The molecular weight excluding hydrogens is 355 g/mol. The molecule has 0 aliphatic heterocycles. The van der Waals surface area contributed by atoms with E-state index < -0.39 is 0 Å². The maximum Gasteiger partial charge on any atom is 0 e. The zero-order chi connectivity index (χ0) is 6.69. The quantitative estimate of drug-likeness (QED) is 0.404. The predicted molar refractivity (Wildman–Crippen MR) is 63.4 cm³/mol. The third-order valence-electron chi connectivity index (χ3n) is 1.27. The molecule has 13 heavy (non-hydrogen) atoms. The molecule has 1 aromatic carbocycles. The molecule has 0 heterocycles. The van der Waals surface area contributed by atoms with Gasteiger partial charge in [0.25, 0.3) is 0 Å². The first-order valence-electron chi connectivity index (χ1n) is 3.03. The van der Waals surface area contributed by atoms with Gasteiger partial charge in [0.1, 0.15) is 0 Å². The zero-order valence-corrected chi connectivity index (χ0v) is 12.2. The van der Waals surface area contributed by atoms with Crippen LogP contribution in [0.3, 0.4) is 0 Å². The van der Waals surface area contributed by atoms with Crippen LogP contribution in [0.4, 0.5) is 0 Å². The van der Waals surface area contributed by atoms with Gasteiger partial charge in [0, 0.05) is 41.2 Å². The van der Waals surface area contributed by atoms with Crippen molar-refractivity contribution in [3.8, 4) is 0 Å². The average Bonchev–Trinajstić information content (AvgIpc) is 1.90. The Bertz CT molecular complexity index is 178. The minimum Gasteiger partial charge on any atom is -0.358 e. The van der Waals surface area contributed by atoms with Gasteiger partial charge in [-0.3, -0.25) is 0 Å². The van der Waals surface area contributed by atoms with Gasteiger partial charge in [-0.15, -0.1) is 0 Å². The van der Waals surface area contributed by atoms with Crippen molar-refractivity contribution in [1.82, 2.24) is 0 Å². The Morgan fingerprint density at radius 3 is 1.54 bits per heavy atom. The topological polar surface area (TPSA) is 0 Å². The average molecular weight is 372 g/mol. The maximum atomic E-state index is 2.27. The van der Waals surface area contributed by atoms with Crippen LogP contribution < -0.4 is 5.30 Å². The molecule has 0 atom stereocenters. The number of rotatable bonds is 1. The second-order valence-electron chi connectivity index (χ2n) is 2.23.